The number of ether oxygens (including phenoxy) is 1. The average molecular weight is 293 g/mol. The second kappa shape index (κ2) is 6.67. The van der Waals surface area contributed by atoms with Crippen LogP contribution in [0.3, 0.4) is 0 Å². The summed E-state index contributed by atoms with van der Waals surface area (Å²) in [6, 6.07) is 13.4. The Morgan fingerprint density at radius 3 is 2.68 bits per heavy atom. The first-order valence-corrected chi connectivity index (χ1v) is 6.98. The minimum absolute atomic E-state index is 0.353. The molecule has 22 heavy (non-hydrogen) atoms. The Hall–Kier alpha value is -2.95. The molecule has 0 aliphatic rings. The van der Waals surface area contributed by atoms with Crippen molar-refractivity contribution in [2.24, 2.45) is 0 Å². The van der Waals surface area contributed by atoms with Gasteiger partial charge in [-0.05, 0) is 17.7 Å². The van der Waals surface area contributed by atoms with Gasteiger partial charge in [0.05, 0.1) is 12.2 Å². The molecule has 0 bridgehead atoms. The molecule has 0 spiro atoms. The number of benzene rings is 1. The number of aromatic nitrogens is 3. The highest BCUT2D eigenvalue weighted by atomic mass is 16.5. The molecule has 0 aliphatic heterocycles. The molecule has 110 valence electrons. The van der Waals surface area contributed by atoms with Crippen LogP contribution in [0.2, 0.25) is 0 Å². The average Bonchev–Trinajstić information content (AvgIpc) is 3.10. The predicted octanol–water partition coefficient (Wildman–Crippen LogP) is 2.67. The van der Waals surface area contributed by atoms with E-state index in [0.717, 1.165) is 5.56 Å². The van der Waals surface area contributed by atoms with Crippen molar-refractivity contribution in [1.29, 1.82) is 0 Å². The van der Waals surface area contributed by atoms with Gasteiger partial charge < -0.3 is 4.74 Å². The molecule has 2 aromatic heterocycles. The van der Waals surface area contributed by atoms with Gasteiger partial charge in [0.1, 0.15) is 12.1 Å². The summed E-state index contributed by atoms with van der Waals surface area (Å²) >= 11 is 0. The molecular formula is C17H15N3O2. The van der Waals surface area contributed by atoms with Crippen molar-refractivity contribution in [3.8, 4) is 5.82 Å². The summed E-state index contributed by atoms with van der Waals surface area (Å²) in [4.78, 5) is 20.1. The summed E-state index contributed by atoms with van der Waals surface area (Å²) < 4.78 is 7.03. The Morgan fingerprint density at radius 2 is 2.00 bits per heavy atom. The van der Waals surface area contributed by atoms with E-state index in [-0.39, 0.29) is 5.97 Å². The lowest BCUT2D eigenvalue weighted by Gasteiger charge is -2.06. The van der Waals surface area contributed by atoms with Crippen LogP contribution in [0.1, 0.15) is 15.9 Å². The lowest BCUT2D eigenvalue weighted by atomic mass is 10.2. The molecule has 0 fully saturated rings. The Balaban J connectivity index is 1.56. The number of hydrogen-bond donors (Lipinski definition) is 0. The van der Waals surface area contributed by atoms with Crippen molar-refractivity contribution in [3.63, 3.8) is 0 Å². The van der Waals surface area contributed by atoms with Crippen LogP contribution in [0.4, 0.5) is 0 Å². The zero-order valence-corrected chi connectivity index (χ0v) is 11.9. The maximum absolute atomic E-state index is 12.0. The maximum Gasteiger partial charge on any atom is 0.339 e. The van der Waals surface area contributed by atoms with Crippen LogP contribution >= 0.6 is 0 Å². The number of carbonyl (C=O) groups is 1. The molecule has 3 aromatic rings. The monoisotopic (exact) mass is 293 g/mol. The summed E-state index contributed by atoms with van der Waals surface area (Å²) in [6.45, 7) is 0.353. The molecule has 5 heteroatoms. The molecule has 0 saturated heterocycles. The third-order valence-electron chi connectivity index (χ3n) is 3.22. The van der Waals surface area contributed by atoms with E-state index >= 15 is 0 Å². The smallest absolute Gasteiger partial charge is 0.339 e. The van der Waals surface area contributed by atoms with Crippen molar-refractivity contribution < 1.29 is 9.53 Å². The summed E-state index contributed by atoms with van der Waals surface area (Å²) in [5, 5.41) is 0. The Morgan fingerprint density at radius 1 is 1.14 bits per heavy atom. The van der Waals surface area contributed by atoms with Crippen LogP contribution in [-0.2, 0) is 11.2 Å². The van der Waals surface area contributed by atoms with Crippen LogP contribution in [0, 0.1) is 0 Å². The van der Waals surface area contributed by atoms with Gasteiger partial charge in [-0.1, -0.05) is 30.3 Å². The van der Waals surface area contributed by atoms with Crippen LogP contribution in [0.5, 0.6) is 0 Å². The predicted molar refractivity (Wildman–Crippen MR) is 81.8 cm³/mol. The van der Waals surface area contributed by atoms with E-state index in [1.165, 1.54) is 6.20 Å². The first kappa shape index (κ1) is 14.0. The van der Waals surface area contributed by atoms with Crippen molar-refractivity contribution in [1.82, 2.24) is 14.5 Å². The van der Waals surface area contributed by atoms with Crippen LogP contribution in [0.15, 0.2) is 67.4 Å². The highest BCUT2D eigenvalue weighted by Gasteiger charge is 2.08. The van der Waals surface area contributed by atoms with E-state index in [1.807, 2.05) is 30.3 Å². The normalized spacial score (nSPS) is 10.4. The van der Waals surface area contributed by atoms with Gasteiger partial charge in [0, 0.05) is 25.0 Å². The fourth-order valence-electron chi connectivity index (χ4n) is 2.04. The van der Waals surface area contributed by atoms with Crippen molar-refractivity contribution in [3.05, 3.63) is 78.5 Å². The second-order valence-electron chi connectivity index (χ2n) is 4.75. The molecule has 0 aliphatic carbocycles. The summed E-state index contributed by atoms with van der Waals surface area (Å²) in [5.74, 6) is 0.346. The molecule has 5 nitrogen and oxygen atoms in total. The molecule has 0 unspecified atom stereocenters. The second-order valence-corrected chi connectivity index (χ2v) is 4.75. The fourth-order valence-corrected chi connectivity index (χ4v) is 2.04. The molecule has 0 radical (unpaired) electrons. The van der Waals surface area contributed by atoms with E-state index in [0.29, 0.717) is 24.4 Å². The molecular weight excluding hydrogens is 278 g/mol. The first-order valence-electron chi connectivity index (χ1n) is 6.98. The first-order chi connectivity index (χ1) is 10.8. The summed E-state index contributed by atoms with van der Waals surface area (Å²) in [5.41, 5.74) is 1.58. The van der Waals surface area contributed by atoms with E-state index < -0.39 is 0 Å². The van der Waals surface area contributed by atoms with Gasteiger partial charge in [-0.25, -0.2) is 14.8 Å². The van der Waals surface area contributed by atoms with Crippen molar-refractivity contribution in [2.45, 2.75) is 6.42 Å². The van der Waals surface area contributed by atoms with Crippen molar-refractivity contribution in [2.75, 3.05) is 6.61 Å². The standard InChI is InChI=1S/C17H15N3O2/c21-17(22-11-8-14-4-2-1-3-5-14)15-6-7-16(19-12-15)20-10-9-18-13-20/h1-7,9-10,12-13H,8,11H2. The molecule has 0 saturated carbocycles. The fraction of sp³-hybridized carbons (Fsp3) is 0.118. The van der Waals surface area contributed by atoms with Crippen LogP contribution in [0.25, 0.3) is 5.82 Å². The number of rotatable bonds is 5. The lowest BCUT2D eigenvalue weighted by molar-refractivity contribution is 0.0509. The van der Waals surface area contributed by atoms with Crippen LogP contribution in [-0.4, -0.2) is 27.1 Å². The number of imidazole rings is 1. The van der Waals surface area contributed by atoms with Crippen LogP contribution < -0.4 is 0 Å². The zero-order chi connectivity index (χ0) is 15.2. The van der Waals surface area contributed by atoms with E-state index in [9.17, 15) is 4.79 Å². The molecule has 0 N–H and O–H groups in total. The zero-order valence-electron chi connectivity index (χ0n) is 11.9. The molecule has 0 amide bonds. The third-order valence-corrected chi connectivity index (χ3v) is 3.22. The number of nitrogens with zero attached hydrogens (tertiary/aromatic N) is 3. The van der Waals surface area contributed by atoms with Gasteiger partial charge in [-0.2, -0.15) is 0 Å². The number of carbonyl (C=O) groups excluding carboxylic acids is 1. The van der Waals surface area contributed by atoms with Gasteiger partial charge in [-0.15, -0.1) is 0 Å². The van der Waals surface area contributed by atoms with E-state index in [4.69, 9.17) is 4.74 Å². The van der Waals surface area contributed by atoms with Gasteiger partial charge in [-0.3, -0.25) is 4.57 Å². The molecule has 0 atom stereocenters. The molecule has 2 heterocycles. The molecule has 3 rings (SSSR count). The van der Waals surface area contributed by atoms with Gasteiger partial charge >= 0.3 is 5.97 Å². The quantitative estimate of drug-likeness (QED) is 0.679. The van der Waals surface area contributed by atoms with Gasteiger partial charge in [0.15, 0.2) is 0 Å². The largest absolute Gasteiger partial charge is 0.462 e. The minimum atomic E-state index is -0.361. The summed E-state index contributed by atoms with van der Waals surface area (Å²) in [6.07, 6.45) is 7.33. The Bertz CT molecular complexity index is 722. The van der Waals surface area contributed by atoms with Gasteiger partial charge in [0.25, 0.3) is 0 Å². The van der Waals surface area contributed by atoms with E-state index in [1.54, 1.807) is 35.4 Å². The number of pyridine rings is 1. The minimum Gasteiger partial charge on any atom is -0.462 e. The molecule has 1 aromatic carbocycles. The van der Waals surface area contributed by atoms with Crippen molar-refractivity contribution >= 4 is 5.97 Å². The highest BCUT2D eigenvalue weighted by Crippen LogP contribution is 2.07. The SMILES string of the molecule is O=C(OCCc1ccccc1)c1ccc(-n2ccnc2)nc1. The topological polar surface area (TPSA) is 57.0 Å². The third kappa shape index (κ3) is 3.38. The lowest BCUT2D eigenvalue weighted by Crippen LogP contribution is -2.09. The Labute approximate surface area is 128 Å². The maximum atomic E-state index is 12.0. The highest BCUT2D eigenvalue weighted by molar-refractivity contribution is 5.89. The number of hydrogen-bond acceptors (Lipinski definition) is 4. The van der Waals surface area contributed by atoms with E-state index in [2.05, 4.69) is 9.97 Å². The Kier molecular flexibility index (Phi) is 4.25. The van der Waals surface area contributed by atoms with Gasteiger partial charge in [0.2, 0.25) is 0 Å². The number of esters is 1. The summed E-state index contributed by atoms with van der Waals surface area (Å²) in [7, 11) is 0.